The normalized spacial score (nSPS) is 11.1. The first-order chi connectivity index (χ1) is 13.3. The van der Waals surface area contributed by atoms with Gasteiger partial charge in [-0.25, -0.2) is 9.36 Å². The lowest BCUT2D eigenvalue weighted by Gasteiger charge is -2.12. The Morgan fingerprint density at radius 1 is 1.07 bits per heavy atom. The molecule has 0 saturated heterocycles. The predicted octanol–water partition coefficient (Wildman–Crippen LogP) is 2.66. The second kappa shape index (κ2) is 7.56. The molecule has 3 aromatic rings. The second-order valence-electron chi connectivity index (χ2n) is 6.77. The van der Waals surface area contributed by atoms with Gasteiger partial charge < -0.3 is 10.0 Å². The third-order valence-corrected chi connectivity index (χ3v) is 4.56. The molecule has 7 nitrogen and oxygen atoms in total. The van der Waals surface area contributed by atoms with Crippen LogP contribution in [0.5, 0.6) is 5.88 Å². The van der Waals surface area contributed by atoms with Crippen molar-refractivity contribution >= 4 is 17.6 Å². The van der Waals surface area contributed by atoms with E-state index in [2.05, 4.69) is 9.98 Å². The summed E-state index contributed by atoms with van der Waals surface area (Å²) in [7, 11) is 3.83. The number of aliphatic imine (C=N–C) groups is 1. The lowest BCUT2D eigenvalue weighted by molar-refractivity contribution is 0.430. The van der Waals surface area contributed by atoms with Crippen molar-refractivity contribution in [2.75, 3.05) is 19.0 Å². The lowest BCUT2D eigenvalue weighted by Crippen LogP contribution is -2.31. The summed E-state index contributed by atoms with van der Waals surface area (Å²) in [5, 5.41) is 10.6. The van der Waals surface area contributed by atoms with Gasteiger partial charge in [0.15, 0.2) is 0 Å². The fourth-order valence-electron chi connectivity index (χ4n) is 2.75. The maximum Gasteiger partial charge on any atom is 0.335 e. The number of anilines is 1. The Bertz CT molecular complexity index is 1170. The van der Waals surface area contributed by atoms with Crippen molar-refractivity contribution in [1.29, 1.82) is 0 Å². The van der Waals surface area contributed by atoms with E-state index < -0.39 is 17.1 Å². The van der Waals surface area contributed by atoms with Crippen LogP contribution in [0.3, 0.4) is 0 Å². The Morgan fingerprint density at radius 3 is 2.50 bits per heavy atom. The van der Waals surface area contributed by atoms with E-state index in [4.69, 9.17) is 0 Å². The topological polar surface area (TPSA) is 90.7 Å². The van der Waals surface area contributed by atoms with E-state index in [-0.39, 0.29) is 5.56 Å². The molecule has 0 aliphatic carbocycles. The minimum absolute atomic E-state index is 0.0897. The summed E-state index contributed by atoms with van der Waals surface area (Å²) < 4.78 is 1.06. The van der Waals surface area contributed by atoms with Gasteiger partial charge in [0.2, 0.25) is 5.88 Å². The highest BCUT2D eigenvalue weighted by atomic mass is 16.3. The van der Waals surface area contributed by atoms with Gasteiger partial charge in [0.05, 0.1) is 11.4 Å². The molecular formula is C21H22N4O3. The Kier molecular flexibility index (Phi) is 5.17. The average molecular weight is 378 g/mol. The molecule has 1 aromatic heterocycles. The molecule has 1 heterocycles. The number of hydrogen-bond acceptors (Lipinski definition) is 5. The van der Waals surface area contributed by atoms with Gasteiger partial charge in [-0.05, 0) is 55.3 Å². The van der Waals surface area contributed by atoms with Gasteiger partial charge in [0.25, 0.3) is 5.56 Å². The summed E-state index contributed by atoms with van der Waals surface area (Å²) in [4.78, 5) is 33.0. The first-order valence-corrected chi connectivity index (χ1v) is 8.75. The number of aryl methyl sites for hydroxylation is 2. The summed E-state index contributed by atoms with van der Waals surface area (Å²) >= 11 is 0. The van der Waals surface area contributed by atoms with Gasteiger partial charge in [-0.2, -0.15) is 0 Å². The molecule has 0 saturated carbocycles. The summed E-state index contributed by atoms with van der Waals surface area (Å²) in [6.07, 6.45) is 1.26. The summed E-state index contributed by atoms with van der Waals surface area (Å²) in [5.41, 5.74) is 2.56. The zero-order valence-electron chi connectivity index (χ0n) is 16.2. The highest BCUT2D eigenvalue weighted by molar-refractivity contribution is 5.84. The molecule has 0 fully saturated rings. The SMILES string of the molecule is Cc1ccc(-n2c(O)c(C=Nc3cccc(N(C)C)c3)c(=O)[nH]c2=O)cc1C. The average Bonchev–Trinajstić information content (AvgIpc) is 2.64. The van der Waals surface area contributed by atoms with Crippen molar-refractivity contribution in [2.24, 2.45) is 4.99 Å². The van der Waals surface area contributed by atoms with Crippen LogP contribution in [-0.2, 0) is 0 Å². The van der Waals surface area contributed by atoms with E-state index in [0.717, 1.165) is 21.4 Å². The summed E-state index contributed by atoms with van der Waals surface area (Å²) in [6.45, 7) is 3.86. The zero-order valence-corrected chi connectivity index (χ0v) is 16.2. The minimum atomic E-state index is -0.711. The molecule has 2 N–H and O–H groups in total. The van der Waals surface area contributed by atoms with E-state index in [1.54, 1.807) is 18.2 Å². The first kappa shape index (κ1) is 19.2. The van der Waals surface area contributed by atoms with Crippen LogP contribution in [0, 0.1) is 13.8 Å². The molecule has 28 heavy (non-hydrogen) atoms. The number of aromatic hydroxyl groups is 1. The molecule has 0 atom stereocenters. The van der Waals surface area contributed by atoms with Crippen LogP contribution < -0.4 is 16.1 Å². The molecule has 0 amide bonds. The Labute approximate surface area is 162 Å². The maximum absolute atomic E-state index is 12.3. The van der Waals surface area contributed by atoms with E-state index in [9.17, 15) is 14.7 Å². The van der Waals surface area contributed by atoms with Crippen molar-refractivity contribution in [2.45, 2.75) is 13.8 Å². The van der Waals surface area contributed by atoms with Gasteiger partial charge in [-0.15, -0.1) is 0 Å². The number of H-pyrrole nitrogens is 1. The molecule has 0 aliphatic rings. The van der Waals surface area contributed by atoms with Gasteiger partial charge >= 0.3 is 5.69 Å². The van der Waals surface area contributed by atoms with Crippen LogP contribution in [0.4, 0.5) is 11.4 Å². The van der Waals surface area contributed by atoms with Crippen LogP contribution >= 0.6 is 0 Å². The van der Waals surface area contributed by atoms with Crippen LogP contribution in [0.25, 0.3) is 5.69 Å². The number of aromatic amines is 1. The minimum Gasteiger partial charge on any atom is -0.493 e. The van der Waals surface area contributed by atoms with Gasteiger partial charge in [-0.3, -0.25) is 14.8 Å². The van der Waals surface area contributed by atoms with Crippen molar-refractivity contribution in [3.05, 3.63) is 80.0 Å². The molecular weight excluding hydrogens is 356 g/mol. The Balaban J connectivity index is 2.10. The zero-order chi connectivity index (χ0) is 20.4. The fraction of sp³-hybridized carbons (Fsp3) is 0.190. The van der Waals surface area contributed by atoms with Gasteiger partial charge in [0.1, 0.15) is 5.56 Å². The van der Waals surface area contributed by atoms with Crippen LogP contribution in [0.1, 0.15) is 16.7 Å². The molecule has 0 aliphatic heterocycles. The smallest absolute Gasteiger partial charge is 0.335 e. The molecule has 0 radical (unpaired) electrons. The second-order valence-corrected chi connectivity index (χ2v) is 6.77. The Hall–Kier alpha value is -3.61. The number of rotatable bonds is 4. The van der Waals surface area contributed by atoms with E-state index in [1.807, 2.05) is 57.1 Å². The largest absolute Gasteiger partial charge is 0.493 e. The first-order valence-electron chi connectivity index (χ1n) is 8.75. The molecule has 0 unspecified atom stereocenters. The van der Waals surface area contributed by atoms with E-state index in [1.165, 1.54) is 6.21 Å². The molecule has 3 rings (SSSR count). The number of nitrogens with zero attached hydrogens (tertiary/aromatic N) is 3. The quantitative estimate of drug-likeness (QED) is 0.683. The standard InChI is InChI=1S/C21H22N4O3/c1-13-8-9-17(10-14(13)2)25-20(27)18(19(26)23-21(25)28)12-22-15-6-5-7-16(11-15)24(3)4/h5-12,27H,1-4H3,(H,23,26,28). The summed E-state index contributed by atoms with van der Waals surface area (Å²) in [5.74, 6) is -0.454. The van der Waals surface area contributed by atoms with Crippen LogP contribution in [0.15, 0.2) is 57.0 Å². The van der Waals surface area contributed by atoms with Crippen molar-refractivity contribution < 1.29 is 5.11 Å². The van der Waals surface area contributed by atoms with Crippen molar-refractivity contribution in [3.63, 3.8) is 0 Å². The maximum atomic E-state index is 12.3. The lowest BCUT2D eigenvalue weighted by atomic mass is 10.1. The predicted molar refractivity (Wildman–Crippen MR) is 112 cm³/mol. The van der Waals surface area contributed by atoms with E-state index >= 15 is 0 Å². The van der Waals surface area contributed by atoms with Gasteiger partial charge in [0, 0.05) is 26.0 Å². The third kappa shape index (κ3) is 3.73. The van der Waals surface area contributed by atoms with Crippen LogP contribution in [0.2, 0.25) is 0 Å². The number of nitrogens with one attached hydrogen (secondary N) is 1. The Morgan fingerprint density at radius 2 is 1.82 bits per heavy atom. The highest BCUT2D eigenvalue weighted by Gasteiger charge is 2.14. The molecule has 0 bridgehead atoms. The van der Waals surface area contributed by atoms with E-state index in [0.29, 0.717) is 11.4 Å². The molecule has 7 heteroatoms. The van der Waals surface area contributed by atoms with Crippen LogP contribution in [-0.4, -0.2) is 35.0 Å². The van der Waals surface area contributed by atoms with Crippen molar-refractivity contribution in [3.8, 4) is 11.6 Å². The molecule has 2 aromatic carbocycles. The number of hydrogen-bond donors (Lipinski definition) is 2. The third-order valence-electron chi connectivity index (χ3n) is 4.56. The van der Waals surface area contributed by atoms with Gasteiger partial charge in [-0.1, -0.05) is 12.1 Å². The number of aromatic nitrogens is 2. The summed E-state index contributed by atoms with van der Waals surface area (Å²) in [6, 6.07) is 12.8. The highest BCUT2D eigenvalue weighted by Crippen LogP contribution is 2.21. The monoisotopic (exact) mass is 378 g/mol. The number of benzene rings is 2. The molecule has 0 spiro atoms. The fourth-order valence-corrected chi connectivity index (χ4v) is 2.75. The van der Waals surface area contributed by atoms with Crippen molar-refractivity contribution in [1.82, 2.24) is 9.55 Å². The molecule has 144 valence electrons.